The highest BCUT2D eigenvalue weighted by atomic mass is 79.9. The van der Waals surface area contributed by atoms with Crippen LogP contribution in [0.2, 0.25) is 5.02 Å². The highest BCUT2D eigenvalue weighted by Gasteiger charge is 2.30. The third-order valence-corrected chi connectivity index (χ3v) is 4.89. The van der Waals surface area contributed by atoms with Crippen molar-refractivity contribution < 1.29 is 9.50 Å². The maximum atomic E-state index is 14.3. The Kier molecular flexibility index (Phi) is 4.24. The third-order valence-electron chi connectivity index (χ3n) is 3.63. The van der Waals surface area contributed by atoms with Gasteiger partial charge in [0.25, 0.3) is 0 Å². The van der Waals surface area contributed by atoms with E-state index in [1.54, 1.807) is 25.1 Å². The van der Waals surface area contributed by atoms with Crippen LogP contribution < -0.4 is 0 Å². The molecule has 0 amide bonds. The van der Waals surface area contributed by atoms with Crippen LogP contribution in [0.5, 0.6) is 0 Å². The van der Waals surface area contributed by atoms with E-state index >= 15 is 0 Å². The third kappa shape index (κ3) is 2.62. The summed E-state index contributed by atoms with van der Waals surface area (Å²) in [4.78, 5) is 0. The molecule has 1 nitrogen and oxygen atoms in total. The molecule has 0 spiro atoms. The van der Waals surface area contributed by atoms with Gasteiger partial charge in [0.05, 0.1) is 5.02 Å². The molecule has 2 aromatic rings. The second-order valence-electron chi connectivity index (χ2n) is 5.09. The zero-order valence-corrected chi connectivity index (χ0v) is 13.8. The van der Waals surface area contributed by atoms with Crippen molar-refractivity contribution in [1.82, 2.24) is 0 Å². The van der Waals surface area contributed by atoms with E-state index in [1.807, 2.05) is 26.0 Å². The lowest BCUT2D eigenvalue weighted by Gasteiger charge is -2.26. The van der Waals surface area contributed by atoms with Gasteiger partial charge < -0.3 is 5.11 Å². The van der Waals surface area contributed by atoms with E-state index in [1.165, 1.54) is 0 Å². The minimum atomic E-state index is -1.44. The summed E-state index contributed by atoms with van der Waals surface area (Å²) in [6, 6.07) is 8.76. The SMILES string of the molecule is Cc1ccc(C(C)(O)c2ccc(Br)c(Cl)c2F)cc1C. The van der Waals surface area contributed by atoms with Crippen LogP contribution in [0.3, 0.4) is 0 Å². The number of hydrogen-bond acceptors (Lipinski definition) is 1. The molecule has 0 aliphatic heterocycles. The zero-order chi connectivity index (χ0) is 15.1. The highest BCUT2D eigenvalue weighted by molar-refractivity contribution is 9.10. The molecule has 0 fully saturated rings. The van der Waals surface area contributed by atoms with E-state index in [9.17, 15) is 9.50 Å². The van der Waals surface area contributed by atoms with Crippen LogP contribution in [-0.2, 0) is 5.60 Å². The molecular weight excluding hydrogens is 343 g/mol. The van der Waals surface area contributed by atoms with Crippen LogP contribution in [0.15, 0.2) is 34.8 Å². The van der Waals surface area contributed by atoms with Gasteiger partial charge in [0.1, 0.15) is 11.4 Å². The maximum absolute atomic E-state index is 14.3. The first-order valence-corrected chi connectivity index (χ1v) is 7.36. The van der Waals surface area contributed by atoms with Crippen LogP contribution in [0.1, 0.15) is 29.2 Å². The summed E-state index contributed by atoms with van der Waals surface area (Å²) in [7, 11) is 0. The fourth-order valence-electron chi connectivity index (χ4n) is 2.10. The molecule has 0 aromatic heterocycles. The van der Waals surface area contributed by atoms with E-state index < -0.39 is 11.4 Å². The summed E-state index contributed by atoms with van der Waals surface area (Å²) < 4.78 is 14.8. The van der Waals surface area contributed by atoms with Gasteiger partial charge in [0.2, 0.25) is 0 Å². The molecular formula is C16H15BrClFO. The molecule has 1 N–H and O–H groups in total. The number of aliphatic hydroxyl groups is 1. The topological polar surface area (TPSA) is 20.2 Å². The van der Waals surface area contributed by atoms with Crippen molar-refractivity contribution in [3.8, 4) is 0 Å². The lowest BCUT2D eigenvalue weighted by molar-refractivity contribution is 0.0979. The molecule has 0 bridgehead atoms. The Bertz CT molecular complexity index is 668. The van der Waals surface area contributed by atoms with Gasteiger partial charge in [-0.05, 0) is 59.5 Å². The van der Waals surface area contributed by atoms with Crippen molar-refractivity contribution in [2.24, 2.45) is 0 Å². The number of hydrogen-bond donors (Lipinski definition) is 1. The Hall–Kier alpha value is -0.900. The summed E-state index contributed by atoms with van der Waals surface area (Å²) in [6.07, 6.45) is 0. The van der Waals surface area contributed by atoms with Crippen LogP contribution in [0.25, 0.3) is 0 Å². The molecule has 4 heteroatoms. The van der Waals surface area contributed by atoms with Gasteiger partial charge in [-0.15, -0.1) is 0 Å². The summed E-state index contributed by atoms with van der Waals surface area (Å²) >= 11 is 9.07. The smallest absolute Gasteiger partial charge is 0.149 e. The summed E-state index contributed by atoms with van der Waals surface area (Å²) in [5.41, 5.74) is 1.53. The van der Waals surface area contributed by atoms with Gasteiger partial charge in [-0.1, -0.05) is 35.9 Å². The van der Waals surface area contributed by atoms with Crippen LogP contribution >= 0.6 is 27.5 Å². The van der Waals surface area contributed by atoms with Crippen LogP contribution in [0, 0.1) is 19.7 Å². The van der Waals surface area contributed by atoms with Crippen molar-refractivity contribution in [2.75, 3.05) is 0 Å². The van der Waals surface area contributed by atoms with E-state index in [-0.39, 0.29) is 10.6 Å². The van der Waals surface area contributed by atoms with Crippen molar-refractivity contribution in [3.63, 3.8) is 0 Å². The first-order valence-electron chi connectivity index (χ1n) is 6.19. The van der Waals surface area contributed by atoms with Gasteiger partial charge >= 0.3 is 0 Å². The fourth-order valence-corrected chi connectivity index (χ4v) is 2.57. The number of benzene rings is 2. The predicted molar refractivity (Wildman–Crippen MR) is 83.7 cm³/mol. The van der Waals surface area contributed by atoms with Crippen molar-refractivity contribution in [2.45, 2.75) is 26.4 Å². The minimum Gasteiger partial charge on any atom is -0.381 e. The van der Waals surface area contributed by atoms with Gasteiger partial charge in [-0.2, -0.15) is 0 Å². The van der Waals surface area contributed by atoms with Gasteiger partial charge in [0, 0.05) is 10.0 Å². The largest absolute Gasteiger partial charge is 0.381 e. The predicted octanol–water partition coefficient (Wildman–Crippen LogP) is 5.11. The normalized spacial score (nSPS) is 14.2. The standard InChI is InChI=1S/C16H15BrClFO/c1-9-4-5-11(8-10(9)2)16(3,20)12-6-7-13(17)14(18)15(12)19/h4-8,20H,1-3H3. The zero-order valence-electron chi connectivity index (χ0n) is 11.5. The van der Waals surface area contributed by atoms with Crippen molar-refractivity contribution in [1.29, 1.82) is 0 Å². The second kappa shape index (κ2) is 5.47. The molecule has 0 saturated heterocycles. The van der Waals surface area contributed by atoms with E-state index in [0.717, 1.165) is 11.1 Å². The Morgan fingerprint density at radius 1 is 1.15 bits per heavy atom. The second-order valence-corrected chi connectivity index (χ2v) is 6.33. The number of halogens is 3. The fraction of sp³-hybridized carbons (Fsp3) is 0.250. The van der Waals surface area contributed by atoms with Crippen LogP contribution in [-0.4, -0.2) is 5.11 Å². The molecule has 0 saturated carbocycles. The lowest BCUT2D eigenvalue weighted by atomic mass is 9.86. The molecule has 2 aromatic carbocycles. The molecule has 2 rings (SSSR count). The van der Waals surface area contributed by atoms with Gasteiger partial charge in [-0.3, -0.25) is 0 Å². The lowest BCUT2D eigenvalue weighted by Crippen LogP contribution is -2.24. The van der Waals surface area contributed by atoms with E-state index in [0.29, 0.717) is 10.0 Å². The monoisotopic (exact) mass is 356 g/mol. The van der Waals surface area contributed by atoms with Gasteiger partial charge in [-0.25, -0.2) is 4.39 Å². The average Bonchev–Trinajstić information content (AvgIpc) is 2.38. The van der Waals surface area contributed by atoms with Crippen molar-refractivity contribution >= 4 is 27.5 Å². The summed E-state index contributed by atoms with van der Waals surface area (Å²) in [6.45, 7) is 5.52. The maximum Gasteiger partial charge on any atom is 0.149 e. The van der Waals surface area contributed by atoms with E-state index in [4.69, 9.17) is 11.6 Å². The molecule has 20 heavy (non-hydrogen) atoms. The first-order chi connectivity index (χ1) is 9.25. The Balaban J connectivity index is 2.60. The Morgan fingerprint density at radius 2 is 1.80 bits per heavy atom. The van der Waals surface area contributed by atoms with E-state index in [2.05, 4.69) is 15.9 Å². The Labute approximate surface area is 131 Å². The molecule has 106 valence electrons. The summed E-state index contributed by atoms with van der Waals surface area (Å²) in [5, 5.41) is 10.7. The molecule has 1 unspecified atom stereocenters. The molecule has 1 atom stereocenters. The first kappa shape index (κ1) is 15.5. The molecule has 0 aliphatic rings. The number of rotatable bonds is 2. The minimum absolute atomic E-state index is 0.0217. The summed E-state index contributed by atoms with van der Waals surface area (Å²) in [5.74, 6) is -0.607. The molecule has 0 aliphatic carbocycles. The molecule has 0 heterocycles. The van der Waals surface area contributed by atoms with Gasteiger partial charge in [0.15, 0.2) is 0 Å². The quantitative estimate of drug-likeness (QED) is 0.740. The van der Waals surface area contributed by atoms with Crippen molar-refractivity contribution in [3.05, 3.63) is 67.9 Å². The Morgan fingerprint density at radius 3 is 2.40 bits per heavy atom. The van der Waals surface area contributed by atoms with Crippen LogP contribution in [0.4, 0.5) is 4.39 Å². The average molecular weight is 358 g/mol. The molecule has 0 radical (unpaired) electrons. The number of aryl methyl sites for hydroxylation is 2. The highest BCUT2D eigenvalue weighted by Crippen LogP contribution is 2.36.